The van der Waals surface area contributed by atoms with Crippen LogP contribution in [0.15, 0.2) is 231 Å². The highest BCUT2D eigenvalue weighted by molar-refractivity contribution is 6.12. The minimum Gasteiger partial charge on any atom is -0.309 e. The molecule has 0 radical (unpaired) electrons. The van der Waals surface area contributed by atoms with Crippen molar-refractivity contribution in [3.05, 3.63) is 231 Å². The highest BCUT2D eigenvalue weighted by Gasteiger charge is 2.18. The minimum absolute atomic E-state index is 0.690. The first kappa shape index (κ1) is 35.6. The lowest BCUT2D eigenvalue weighted by molar-refractivity contribution is 1.16. The lowest BCUT2D eigenvalue weighted by Gasteiger charge is -2.12. The van der Waals surface area contributed by atoms with Gasteiger partial charge in [0.1, 0.15) is 0 Å². The molecule has 3 aromatic heterocycles. The van der Waals surface area contributed by atoms with E-state index in [1.165, 1.54) is 54.8 Å². The number of nitrogens with zero attached hydrogens (tertiary/aromatic N) is 4. The molecule has 62 heavy (non-hydrogen) atoms. The molecule has 0 atom stereocenters. The molecule has 9 aromatic carbocycles. The van der Waals surface area contributed by atoms with Crippen molar-refractivity contribution in [3.63, 3.8) is 0 Å². The van der Waals surface area contributed by atoms with E-state index in [1.807, 2.05) is 12.1 Å². The molecule has 0 amide bonds. The molecule has 0 fully saturated rings. The summed E-state index contributed by atoms with van der Waals surface area (Å²) in [5.74, 6) is 0.690. The molecule has 290 valence electrons. The summed E-state index contributed by atoms with van der Waals surface area (Å²) in [6.45, 7) is 0. The molecule has 12 rings (SSSR count). The first-order chi connectivity index (χ1) is 30.7. The van der Waals surface area contributed by atoms with E-state index in [1.54, 1.807) is 0 Å². The van der Waals surface area contributed by atoms with Gasteiger partial charge in [-0.25, -0.2) is 9.97 Å². The molecular weight excluding hydrogens is 753 g/mol. The van der Waals surface area contributed by atoms with Crippen LogP contribution in [0.4, 0.5) is 0 Å². The van der Waals surface area contributed by atoms with E-state index in [9.17, 15) is 0 Å². The zero-order valence-corrected chi connectivity index (χ0v) is 33.7. The number of hydrogen-bond acceptors (Lipinski definition) is 2. The predicted octanol–water partition coefficient (Wildman–Crippen LogP) is 15.0. The van der Waals surface area contributed by atoms with Crippen molar-refractivity contribution >= 4 is 43.6 Å². The molecular formula is C58H38N4. The Kier molecular flexibility index (Phi) is 8.46. The van der Waals surface area contributed by atoms with Crippen LogP contribution in [-0.2, 0) is 0 Å². The molecule has 0 saturated heterocycles. The third-order valence-corrected chi connectivity index (χ3v) is 12.1. The SMILES string of the molecule is c1ccc(-c2cccc(-n3c4ccccc4c4ccc(-c5ccc6c(c5)c5ccccc5n6-c5cccc(-c6nc(-c7ccccc7)cc(-c7ccccc7)n6)c5)cc43)c2)cc1. The molecule has 12 aromatic rings. The zero-order chi connectivity index (χ0) is 41.0. The molecule has 0 N–H and O–H groups in total. The van der Waals surface area contributed by atoms with Crippen molar-refractivity contribution in [1.82, 2.24) is 19.1 Å². The number of benzene rings is 9. The van der Waals surface area contributed by atoms with Gasteiger partial charge in [0.05, 0.1) is 33.5 Å². The zero-order valence-electron chi connectivity index (χ0n) is 33.7. The molecule has 0 aliphatic rings. The first-order valence-electron chi connectivity index (χ1n) is 21.1. The van der Waals surface area contributed by atoms with Gasteiger partial charge in [-0.1, -0.05) is 170 Å². The Balaban J connectivity index is 0.987. The van der Waals surface area contributed by atoms with Crippen molar-refractivity contribution in [2.75, 3.05) is 0 Å². The average Bonchev–Trinajstić information content (AvgIpc) is 3.87. The molecule has 0 aliphatic heterocycles. The summed E-state index contributed by atoms with van der Waals surface area (Å²) in [4.78, 5) is 10.3. The monoisotopic (exact) mass is 790 g/mol. The fourth-order valence-electron chi connectivity index (χ4n) is 9.19. The smallest absolute Gasteiger partial charge is 0.160 e. The summed E-state index contributed by atoms with van der Waals surface area (Å²) < 4.78 is 4.79. The van der Waals surface area contributed by atoms with Crippen LogP contribution in [0.5, 0.6) is 0 Å². The normalized spacial score (nSPS) is 11.5. The van der Waals surface area contributed by atoms with Crippen LogP contribution in [0.3, 0.4) is 0 Å². The number of fused-ring (bicyclic) bond motifs is 6. The van der Waals surface area contributed by atoms with E-state index in [-0.39, 0.29) is 0 Å². The van der Waals surface area contributed by atoms with Gasteiger partial charge in [-0.3, -0.25) is 0 Å². The van der Waals surface area contributed by atoms with Gasteiger partial charge in [-0.2, -0.15) is 0 Å². The number of rotatable bonds is 7. The highest BCUT2D eigenvalue weighted by Crippen LogP contribution is 2.39. The number of aromatic nitrogens is 4. The molecule has 4 nitrogen and oxygen atoms in total. The lowest BCUT2D eigenvalue weighted by Crippen LogP contribution is -1.98. The maximum Gasteiger partial charge on any atom is 0.160 e. The van der Waals surface area contributed by atoms with Gasteiger partial charge in [0.25, 0.3) is 0 Å². The topological polar surface area (TPSA) is 35.6 Å². The Morgan fingerprint density at radius 1 is 0.242 bits per heavy atom. The quantitative estimate of drug-likeness (QED) is 0.161. The molecule has 0 aliphatic carbocycles. The molecule has 0 unspecified atom stereocenters. The van der Waals surface area contributed by atoms with Crippen LogP contribution in [0.2, 0.25) is 0 Å². The highest BCUT2D eigenvalue weighted by atomic mass is 15.0. The van der Waals surface area contributed by atoms with Crippen LogP contribution >= 0.6 is 0 Å². The number of para-hydroxylation sites is 2. The second kappa shape index (κ2) is 14.7. The Bertz CT molecular complexity index is 3560. The Morgan fingerprint density at radius 2 is 0.677 bits per heavy atom. The molecule has 0 spiro atoms. The summed E-state index contributed by atoms with van der Waals surface area (Å²) in [5.41, 5.74) is 16.5. The van der Waals surface area contributed by atoms with Crippen molar-refractivity contribution < 1.29 is 0 Å². The van der Waals surface area contributed by atoms with E-state index < -0.39 is 0 Å². The Hall–Kier alpha value is -8.34. The van der Waals surface area contributed by atoms with Gasteiger partial charge < -0.3 is 9.13 Å². The van der Waals surface area contributed by atoms with E-state index >= 15 is 0 Å². The van der Waals surface area contributed by atoms with E-state index in [0.717, 1.165) is 50.5 Å². The fraction of sp³-hybridized carbons (Fsp3) is 0. The van der Waals surface area contributed by atoms with Crippen LogP contribution in [0, 0.1) is 0 Å². The van der Waals surface area contributed by atoms with Crippen LogP contribution in [0.25, 0.3) is 111 Å². The molecule has 0 saturated carbocycles. The second-order valence-electron chi connectivity index (χ2n) is 15.8. The van der Waals surface area contributed by atoms with Gasteiger partial charge in [0, 0.05) is 49.6 Å². The Morgan fingerprint density at radius 3 is 1.32 bits per heavy atom. The van der Waals surface area contributed by atoms with Crippen LogP contribution < -0.4 is 0 Å². The standard InChI is InChI=1S/C58H38N4/c1-4-16-39(17-5-1)42-22-14-24-46(34-42)62-54-28-12-10-26-48(54)50-32-30-44(37-57(50)62)43-31-33-56-51(36-43)49-27-11-13-29-55(49)61(56)47-25-15-23-45(35-47)58-59-52(40-18-6-2-7-19-40)38-53(60-58)41-20-8-3-9-21-41/h1-38H. The number of hydrogen-bond donors (Lipinski definition) is 0. The van der Waals surface area contributed by atoms with Crippen molar-refractivity contribution in [2.45, 2.75) is 0 Å². The largest absolute Gasteiger partial charge is 0.309 e. The summed E-state index contributed by atoms with van der Waals surface area (Å²) in [5, 5.41) is 4.89. The summed E-state index contributed by atoms with van der Waals surface area (Å²) in [6, 6.07) is 82.2. The Labute approximate surface area is 359 Å². The summed E-state index contributed by atoms with van der Waals surface area (Å²) >= 11 is 0. The van der Waals surface area contributed by atoms with Crippen molar-refractivity contribution in [3.8, 4) is 67.5 Å². The van der Waals surface area contributed by atoms with Gasteiger partial charge in [0.2, 0.25) is 0 Å². The lowest BCUT2D eigenvalue weighted by atomic mass is 10.0. The maximum atomic E-state index is 5.15. The molecule has 4 heteroatoms. The fourth-order valence-corrected chi connectivity index (χ4v) is 9.19. The van der Waals surface area contributed by atoms with Crippen LogP contribution in [0.1, 0.15) is 0 Å². The minimum atomic E-state index is 0.690. The van der Waals surface area contributed by atoms with E-state index in [4.69, 9.17) is 9.97 Å². The second-order valence-corrected chi connectivity index (χ2v) is 15.8. The maximum absolute atomic E-state index is 5.15. The third-order valence-electron chi connectivity index (χ3n) is 12.1. The van der Waals surface area contributed by atoms with Gasteiger partial charge in [-0.15, -0.1) is 0 Å². The van der Waals surface area contributed by atoms with Gasteiger partial charge in [0.15, 0.2) is 5.82 Å². The molecule has 3 heterocycles. The summed E-state index contributed by atoms with van der Waals surface area (Å²) in [6.07, 6.45) is 0. The molecule has 0 bridgehead atoms. The van der Waals surface area contributed by atoms with E-state index in [0.29, 0.717) is 5.82 Å². The average molecular weight is 791 g/mol. The predicted molar refractivity (Wildman–Crippen MR) is 258 cm³/mol. The van der Waals surface area contributed by atoms with E-state index in [2.05, 4.69) is 228 Å². The van der Waals surface area contributed by atoms with Crippen molar-refractivity contribution in [2.24, 2.45) is 0 Å². The third kappa shape index (κ3) is 6.08. The van der Waals surface area contributed by atoms with Crippen molar-refractivity contribution in [1.29, 1.82) is 0 Å². The summed E-state index contributed by atoms with van der Waals surface area (Å²) in [7, 11) is 0. The first-order valence-corrected chi connectivity index (χ1v) is 21.1. The van der Waals surface area contributed by atoms with Gasteiger partial charge in [-0.05, 0) is 82.9 Å². The van der Waals surface area contributed by atoms with Crippen LogP contribution in [-0.4, -0.2) is 19.1 Å². The van der Waals surface area contributed by atoms with Gasteiger partial charge >= 0.3 is 0 Å².